The molecule has 298 valence electrons. The minimum atomic E-state index is -1.87. The second-order valence-corrected chi connectivity index (χ2v) is 21.3. The number of aliphatic hydroxyl groups excluding tert-OH is 1. The highest BCUT2D eigenvalue weighted by atomic mass is 28.4. The van der Waals surface area contributed by atoms with Crippen LogP contribution in [0.3, 0.4) is 0 Å². The van der Waals surface area contributed by atoms with E-state index >= 15 is 0 Å². The zero-order valence-electron chi connectivity index (χ0n) is 34.2. The van der Waals surface area contributed by atoms with E-state index in [2.05, 4.69) is 46.0 Å². The van der Waals surface area contributed by atoms with Gasteiger partial charge in [0.05, 0.1) is 38.6 Å². The maximum atomic E-state index is 14.9. The Morgan fingerprint density at radius 2 is 1.02 bits per heavy atom. The lowest BCUT2D eigenvalue weighted by Crippen LogP contribution is -2.40. The van der Waals surface area contributed by atoms with E-state index in [9.17, 15) is 13.9 Å². The Hall–Kier alpha value is -3.60. The summed E-state index contributed by atoms with van der Waals surface area (Å²) in [5.74, 6) is 0.710. The fourth-order valence-electron chi connectivity index (χ4n) is 7.81. The van der Waals surface area contributed by atoms with Crippen molar-refractivity contribution in [2.75, 3.05) is 28.4 Å². The van der Waals surface area contributed by atoms with Crippen LogP contribution in [0.2, 0.25) is 18.1 Å². The van der Waals surface area contributed by atoms with Crippen LogP contribution in [0.15, 0.2) is 72.8 Å². The molecule has 0 bridgehead atoms. The topological polar surface area (TPSA) is 66.4 Å². The van der Waals surface area contributed by atoms with E-state index in [1.165, 1.54) is 12.1 Å². The third kappa shape index (κ3) is 9.18. The van der Waals surface area contributed by atoms with Crippen LogP contribution in [-0.4, -0.2) is 41.9 Å². The molecule has 0 unspecified atom stereocenters. The highest BCUT2D eigenvalue weighted by Gasteiger charge is 2.40. The van der Waals surface area contributed by atoms with Crippen molar-refractivity contribution in [2.45, 2.75) is 115 Å². The second-order valence-electron chi connectivity index (χ2n) is 16.5. The minimum absolute atomic E-state index is 0.0479. The molecular formula is C46H60F2O6Si. The van der Waals surface area contributed by atoms with Crippen molar-refractivity contribution in [3.05, 3.63) is 107 Å². The smallest absolute Gasteiger partial charge is 0.192 e. The predicted molar refractivity (Wildman–Crippen MR) is 219 cm³/mol. The summed E-state index contributed by atoms with van der Waals surface area (Å²) in [4.78, 5) is 0. The van der Waals surface area contributed by atoms with Gasteiger partial charge in [-0.1, -0.05) is 76.8 Å². The Morgan fingerprint density at radius 3 is 1.40 bits per heavy atom. The van der Waals surface area contributed by atoms with Crippen molar-refractivity contribution < 1.29 is 37.3 Å². The predicted octanol–water partition coefficient (Wildman–Crippen LogP) is 11.8. The molecule has 2 saturated carbocycles. The highest BCUT2D eigenvalue weighted by molar-refractivity contribution is 6.74. The Labute approximate surface area is 328 Å². The number of hydrogen-bond acceptors (Lipinski definition) is 6. The summed E-state index contributed by atoms with van der Waals surface area (Å²) in [6, 6.07) is 21.6. The molecule has 0 atom stereocenters. The first-order valence-corrected chi connectivity index (χ1v) is 22.4. The quantitative estimate of drug-likeness (QED) is 0.145. The molecule has 0 amide bonds. The van der Waals surface area contributed by atoms with Gasteiger partial charge in [-0.2, -0.15) is 0 Å². The number of hydrogen-bond donors (Lipinski definition) is 1. The summed E-state index contributed by atoms with van der Waals surface area (Å²) in [5.41, 5.74) is 5.82. The number of benzene rings is 4. The first-order valence-electron chi connectivity index (χ1n) is 19.5. The molecule has 0 saturated heterocycles. The van der Waals surface area contributed by atoms with Crippen LogP contribution in [0, 0.1) is 11.6 Å². The number of rotatable bonds is 12. The van der Waals surface area contributed by atoms with Crippen molar-refractivity contribution in [1.29, 1.82) is 0 Å². The van der Waals surface area contributed by atoms with Crippen molar-refractivity contribution in [1.82, 2.24) is 0 Å². The third-order valence-corrected chi connectivity index (χ3v) is 16.7. The summed E-state index contributed by atoms with van der Waals surface area (Å²) in [6.45, 7) is 11.8. The largest absolute Gasteiger partial charge is 0.497 e. The first-order chi connectivity index (χ1) is 26.2. The third-order valence-electron chi connectivity index (χ3n) is 12.3. The molecule has 1 N–H and O–H groups in total. The Morgan fingerprint density at radius 1 is 0.600 bits per heavy atom. The van der Waals surface area contributed by atoms with Crippen molar-refractivity contribution in [3.63, 3.8) is 0 Å². The van der Waals surface area contributed by atoms with Crippen LogP contribution in [0.4, 0.5) is 8.78 Å². The Balaban J connectivity index is 0.000000218. The zero-order valence-corrected chi connectivity index (χ0v) is 35.2. The molecule has 9 heteroatoms. The molecule has 0 aliphatic heterocycles. The lowest BCUT2D eigenvalue weighted by Gasteiger charge is -2.36. The van der Waals surface area contributed by atoms with E-state index in [0.29, 0.717) is 29.2 Å². The lowest BCUT2D eigenvalue weighted by atomic mass is 9.84. The molecule has 0 spiro atoms. The minimum Gasteiger partial charge on any atom is -0.497 e. The molecule has 0 aromatic heterocycles. The molecule has 55 heavy (non-hydrogen) atoms. The van der Waals surface area contributed by atoms with E-state index < -0.39 is 19.5 Å². The zero-order chi connectivity index (χ0) is 40.0. The van der Waals surface area contributed by atoms with Gasteiger partial charge in [0.25, 0.3) is 0 Å². The summed E-state index contributed by atoms with van der Waals surface area (Å²) >= 11 is 0. The molecule has 2 aliphatic rings. The number of halogens is 2. The molecule has 4 aromatic rings. The van der Waals surface area contributed by atoms with Gasteiger partial charge < -0.3 is 28.5 Å². The average Bonchev–Trinajstić information content (AvgIpc) is 3.89. The highest BCUT2D eigenvalue weighted by Crippen LogP contribution is 2.48. The monoisotopic (exact) mass is 774 g/mol. The van der Waals surface area contributed by atoms with Gasteiger partial charge in [-0.25, -0.2) is 8.78 Å². The normalized spacial score (nSPS) is 16.4. The summed E-state index contributed by atoms with van der Waals surface area (Å²) < 4.78 is 58.5. The van der Waals surface area contributed by atoms with Gasteiger partial charge in [-0.05, 0) is 120 Å². The Kier molecular flexibility index (Phi) is 13.7. The molecule has 6 nitrogen and oxygen atoms in total. The SMILES string of the molecule is COc1ccc(F)c(-c2ccc(CO)cc2C2(OC)CCCC2)c1.COc1ccc(F)c(-c2ccc(CO[Si](C)(C)C(C)(C)C)cc2C2(OC)CCCC2)c1. The number of aliphatic hydroxyl groups is 1. The van der Waals surface area contributed by atoms with Gasteiger partial charge in [0.15, 0.2) is 8.32 Å². The molecule has 2 aliphatic carbocycles. The molecular weight excluding hydrogens is 715 g/mol. The van der Waals surface area contributed by atoms with E-state index in [1.54, 1.807) is 52.7 Å². The molecule has 0 heterocycles. The fourth-order valence-corrected chi connectivity index (χ4v) is 8.77. The van der Waals surface area contributed by atoms with Gasteiger partial charge in [-0.3, -0.25) is 0 Å². The van der Waals surface area contributed by atoms with E-state index in [1.807, 2.05) is 24.3 Å². The fraction of sp³-hybridized carbons (Fsp3) is 0.478. The van der Waals surface area contributed by atoms with Crippen LogP contribution in [-0.2, 0) is 38.3 Å². The average molecular weight is 775 g/mol. The maximum absolute atomic E-state index is 14.9. The van der Waals surface area contributed by atoms with Crippen LogP contribution < -0.4 is 9.47 Å². The lowest BCUT2D eigenvalue weighted by molar-refractivity contribution is -0.00848. The van der Waals surface area contributed by atoms with Gasteiger partial charge in [0.2, 0.25) is 0 Å². The number of ether oxygens (including phenoxy) is 4. The Bertz CT molecular complexity index is 1910. The molecule has 2 fully saturated rings. The summed E-state index contributed by atoms with van der Waals surface area (Å²) in [7, 11) is 4.79. The molecule has 4 aromatic carbocycles. The van der Waals surface area contributed by atoms with Gasteiger partial charge >= 0.3 is 0 Å². The molecule has 6 rings (SSSR count). The van der Waals surface area contributed by atoms with Crippen LogP contribution in [0.1, 0.15) is 94.4 Å². The van der Waals surface area contributed by atoms with Gasteiger partial charge in [0.1, 0.15) is 23.1 Å². The van der Waals surface area contributed by atoms with Gasteiger partial charge in [-0.15, -0.1) is 0 Å². The molecule has 0 radical (unpaired) electrons. The van der Waals surface area contributed by atoms with Crippen molar-refractivity contribution in [3.8, 4) is 33.8 Å². The summed E-state index contributed by atoms with van der Waals surface area (Å²) in [5, 5.41) is 9.68. The van der Waals surface area contributed by atoms with E-state index in [0.717, 1.165) is 84.7 Å². The summed E-state index contributed by atoms with van der Waals surface area (Å²) in [6.07, 6.45) is 8.06. The van der Waals surface area contributed by atoms with E-state index in [4.69, 9.17) is 23.4 Å². The van der Waals surface area contributed by atoms with Crippen LogP contribution >= 0.6 is 0 Å². The number of methoxy groups -OCH3 is 4. The van der Waals surface area contributed by atoms with E-state index in [-0.39, 0.29) is 23.3 Å². The van der Waals surface area contributed by atoms with Crippen molar-refractivity contribution >= 4 is 8.32 Å². The standard InChI is InChI=1S/C26H37FO3Si.C20H23FO3/c1-25(2,3)31(6,7)30-18-19-10-12-21(22-17-20(28-4)11-13-24(22)27)23(16-19)26(29-5)14-8-9-15-26;1-23-15-6-8-19(21)17(12-15)16-7-5-14(13-22)11-18(16)20(24-2)9-3-4-10-20/h10-13,16-17H,8-9,14-15,18H2,1-7H3;5-8,11-12,22H,3-4,9-10,13H2,1-2H3. The van der Waals surface area contributed by atoms with Crippen molar-refractivity contribution in [2.24, 2.45) is 0 Å². The first kappa shape index (κ1) is 42.5. The van der Waals surface area contributed by atoms with Crippen LogP contribution in [0.25, 0.3) is 22.3 Å². The second kappa shape index (κ2) is 17.7. The van der Waals surface area contributed by atoms with Crippen LogP contribution in [0.5, 0.6) is 11.5 Å². The van der Waals surface area contributed by atoms with Gasteiger partial charge in [0, 0.05) is 25.3 Å². The maximum Gasteiger partial charge on any atom is 0.192 e.